The van der Waals surface area contributed by atoms with Crippen LogP contribution in [0.15, 0.2) is 39.5 Å². The predicted molar refractivity (Wildman–Crippen MR) is 80.4 cm³/mol. The van der Waals surface area contributed by atoms with Gasteiger partial charge in [-0.2, -0.15) is 0 Å². The lowest BCUT2D eigenvalue weighted by atomic mass is 10.2. The molecule has 0 aliphatic carbocycles. The molecule has 0 aliphatic rings. The lowest BCUT2D eigenvalue weighted by Crippen LogP contribution is -2.19. The van der Waals surface area contributed by atoms with Crippen LogP contribution in [0.25, 0.3) is 0 Å². The molecule has 18 heavy (non-hydrogen) atoms. The molecule has 2 rings (SSSR count). The van der Waals surface area contributed by atoms with Crippen molar-refractivity contribution >= 4 is 43.5 Å². The predicted octanol–water partition coefficient (Wildman–Crippen LogP) is 3.22. The molecule has 1 heterocycles. The van der Waals surface area contributed by atoms with Crippen molar-refractivity contribution in [2.45, 2.75) is 6.54 Å². The highest BCUT2D eigenvalue weighted by Gasteiger charge is 2.12. The van der Waals surface area contributed by atoms with E-state index in [9.17, 15) is 0 Å². The third-order valence-corrected chi connectivity index (χ3v) is 4.06. The Morgan fingerprint density at radius 2 is 1.94 bits per heavy atom. The number of halogens is 2. The Kier molecular flexibility index (Phi) is 4.19. The zero-order valence-electron chi connectivity index (χ0n) is 9.77. The Bertz CT molecular complexity index is 560. The van der Waals surface area contributed by atoms with E-state index in [1.54, 1.807) is 0 Å². The van der Waals surface area contributed by atoms with E-state index in [0.29, 0.717) is 5.82 Å². The fourth-order valence-corrected chi connectivity index (χ4v) is 2.51. The molecule has 1 aromatic heterocycles. The molecule has 6 heteroatoms. The van der Waals surface area contributed by atoms with Crippen LogP contribution >= 0.6 is 31.9 Å². The van der Waals surface area contributed by atoms with Gasteiger partial charge in [0.2, 0.25) is 0 Å². The number of anilines is 2. The first-order chi connectivity index (χ1) is 8.59. The van der Waals surface area contributed by atoms with Crippen LogP contribution in [0.2, 0.25) is 0 Å². The number of nitrogen functional groups attached to an aromatic ring is 1. The SMILES string of the molecule is CN(Cc1ccccc1Br)c1ncnc(N)c1Br. The van der Waals surface area contributed by atoms with Gasteiger partial charge in [-0.15, -0.1) is 0 Å². The van der Waals surface area contributed by atoms with Crippen molar-refractivity contribution in [1.82, 2.24) is 9.97 Å². The molecule has 94 valence electrons. The van der Waals surface area contributed by atoms with Crippen molar-refractivity contribution in [3.05, 3.63) is 45.1 Å². The second kappa shape index (κ2) is 5.67. The molecule has 0 saturated carbocycles. The van der Waals surface area contributed by atoms with Gasteiger partial charge in [-0.25, -0.2) is 9.97 Å². The first-order valence-corrected chi connectivity index (χ1v) is 6.88. The standard InChI is InChI=1S/C12H12Br2N4/c1-18(6-8-4-2-3-5-9(8)13)12-10(14)11(15)16-7-17-12/h2-5,7H,6H2,1H3,(H2,15,16,17). The van der Waals surface area contributed by atoms with E-state index in [4.69, 9.17) is 5.73 Å². The number of nitrogens with two attached hydrogens (primary N) is 1. The monoisotopic (exact) mass is 370 g/mol. The van der Waals surface area contributed by atoms with Crippen LogP contribution in [0, 0.1) is 0 Å². The highest BCUT2D eigenvalue weighted by molar-refractivity contribution is 9.11. The summed E-state index contributed by atoms with van der Waals surface area (Å²) in [5.41, 5.74) is 6.93. The van der Waals surface area contributed by atoms with Gasteiger partial charge in [0.05, 0.1) is 0 Å². The van der Waals surface area contributed by atoms with Crippen LogP contribution in [0.4, 0.5) is 11.6 Å². The van der Waals surface area contributed by atoms with E-state index >= 15 is 0 Å². The second-order valence-electron chi connectivity index (χ2n) is 3.84. The molecule has 0 spiro atoms. The molecule has 0 aliphatic heterocycles. The van der Waals surface area contributed by atoms with Gasteiger partial charge in [0, 0.05) is 18.1 Å². The summed E-state index contributed by atoms with van der Waals surface area (Å²) in [6.07, 6.45) is 1.46. The van der Waals surface area contributed by atoms with Gasteiger partial charge in [-0.1, -0.05) is 34.1 Å². The maximum absolute atomic E-state index is 5.75. The Balaban J connectivity index is 2.25. The fourth-order valence-electron chi connectivity index (χ4n) is 1.60. The molecule has 0 radical (unpaired) electrons. The Hall–Kier alpha value is -1.14. The van der Waals surface area contributed by atoms with Crippen LogP contribution in [0.5, 0.6) is 0 Å². The zero-order valence-corrected chi connectivity index (χ0v) is 12.9. The average Bonchev–Trinajstić information content (AvgIpc) is 2.35. The first-order valence-electron chi connectivity index (χ1n) is 5.30. The molecule has 0 amide bonds. The number of rotatable bonds is 3. The van der Waals surface area contributed by atoms with Crippen molar-refractivity contribution in [1.29, 1.82) is 0 Å². The highest BCUT2D eigenvalue weighted by Crippen LogP contribution is 2.28. The van der Waals surface area contributed by atoms with Gasteiger partial charge in [0.1, 0.15) is 22.4 Å². The zero-order chi connectivity index (χ0) is 13.1. The van der Waals surface area contributed by atoms with Crippen LogP contribution in [-0.4, -0.2) is 17.0 Å². The molecular weight excluding hydrogens is 360 g/mol. The summed E-state index contributed by atoms with van der Waals surface area (Å²) >= 11 is 6.94. The number of nitrogens with zero attached hydrogens (tertiary/aromatic N) is 3. The second-order valence-corrected chi connectivity index (χ2v) is 5.49. The van der Waals surface area contributed by atoms with E-state index in [0.717, 1.165) is 21.3 Å². The molecule has 1 aromatic carbocycles. The summed E-state index contributed by atoms with van der Waals surface area (Å²) in [6.45, 7) is 0.733. The third-order valence-electron chi connectivity index (χ3n) is 2.52. The maximum atomic E-state index is 5.75. The average molecular weight is 372 g/mol. The number of hydrogen-bond acceptors (Lipinski definition) is 4. The lowest BCUT2D eigenvalue weighted by Gasteiger charge is -2.20. The number of hydrogen-bond donors (Lipinski definition) is 1. The Labute approximate surface area is 122 Å². The summed E-state index contributed by atoms with van der Waals surface area (Å²) < 4.78 is 1.80. The van der Waals surface area contributed by atoms with Gasteiger partial charge in [0.25, 0.3) is 0 Å². The van der Waals surface area contributed by atoms with E-state index < -0.39 is 0 Å². The van der Waals surface area contributed by atoms with E-state index in [-0.39, 0.29) is 0 Å². The van der Waals surface area contributed by atoms with Gasteiger partial charge in [-0.05, 0) is 27.6 Å². The molecule has 2 aromatic rings. The van der Waals surface area contributed by atoms with Crippen LogP contribution < -0.4 is 10.6 Å². The molecule has 0 saturated heterocycles. The third kappa shape index (κ3) is 2.81. The van der Waals surface area contributed by atoms with Crippen LogP contribution in [-0.2, 0) is 6.54 Å². The van der Waals surface area contributed by atoms with Gasteiger partial charge < -0.3 is 10.6 Å². The molecule has 0 fully saturated rings. The van der Waals surface area contributed by atoms with Gasteiger partial charge in [-0.3, -0.25) is 0 Å². The summed E-state index contributed by atoms with van der Waals surface area (Å²) in [5, 5.41) is 0. The van der Waals surface area contributed by atoms with E-state index in [2.05, 4.69) is 47.9 Å². The minimum absolute atomic E-state index is 0.443. The first kappa shape index (κ1) is 13.3. The largest absolute Gasteiger partial charge is 0.383 e. The number of aromatic nitrogens is 2. The summed E-state index contributed by atoms with van der Waals surface area (Å²) in [6, 6.07) is 8.09. The van der Waals surface area contributed by atoms with E-state index in [1.807, 2.05) is 30.1 Å². The minimum Gasteiger partial charge on any atom is -0.383 e. The van der Waals surface area contributed by atoms with Crippen LogP contribution in [0.1, 0.15) is 5.56 Å². The molecule has 2 N–H and O–H groups in total. The summed E-state index contributed by atoms with van der Waals surface area (Å²) in [7, 11) is 1.96. The van der Waals surface area contributed by atoms with Crippen molar-refractivity contribution in [3.8, 4) is 0 Å². The minimum atomic E-state index is 0.443. The topological polar surface area (TPSA) is 55.0 Å². The molecule has 0 unspecified atom stereocenters. The molecular formula is C12H12Br2N4. The highest BCUT2D eigenvalue weighted by atomic mass is 79.9. The smallest absolute Gasteiger partial charge is 0.148 e. The van der Waals surface area contributed by atoms with Crippen molar-refractivity contribution < 1.29 is 0 Å². The van der Waals surface area contributed by atoms with Gasteiger partial charge in [0.15, 0.2) is 0 Å². The molecule has 4 nitrogen and oxygen atoms in total. The molecule has 0 bridgehead atoms. The van der Waals surface area contributed by atoms with Gasteiger partial charge >= 0.3 is 0 Å². The lowest BCUT2D eigenvalue weighted by molar-refractivity contribution is 0.884. The number of benzene rings is 1. The molecule has 0 atom stereocenters. The summed E-state index contributed by atoms with van der Waals surface area (Å²) in [5.74, 6) is 1.22. The van der Waals surface area contributed by atoms with E-state index in [1.165, 1.54) is 11.9 Å². The maximum Gasteiger partial charge on any atom is 0.148 e. The Morgan fingerprint density at radius 3 is 2.67 bits per heavy atom. The quantitative estimate of drug-likeness (QED) is 0.899. The summed E-state index contributed by atoms with van der Waals surface area (Å²) in [4.78, 5) is 10.2. The van der Waals surface area contributed by atoms with Crippen molar-refractivity contribution in [2.24, 2.45) is 0 Å². The van der Waals surface area contributed by atoms with Crippen molar-refractivity contribution in [3.63, 3.8) is 0 Å². The van der Waals surface area contributed by atoms with Crippen molar-refractivity contribution in [2.75, 3.05) is 17.7 Å². The normalized spacial score (nSPS) is 10.4. The fraction of sp³-hybridized carbons (Fsp3) is 0.167. The Morgan fingerprint density at radius 1 is 1.22 bits per heavy atom. The van der Waals surface area contributed by atoms with Crippen LogP contribution in [0.3, 0.4) is 0 Å².